The average molecular weight is 320 g/mol. The van der Waals surface area contributed by atoms with Crippen LogP contribution < -0.4 is 4.90 Å². The molecule has 2 aromatic heterocycles. The fourth-order valence-corrected chi connectivity index (χ4v) is 4.10. The van der Waals surface area contributed by atoms with Crippen molar-refractivity contribution in [1.82, 2.24) is 24.7 Å². The zero-order chi connectivity index (χ0) is 15.9. The summed E-state index contributed by atoms with van der Waals surface area (Å²) < 4.78 is 2.34. The smallest absolute Gasteiger partial charge is 0.139 e. The lowest BCUT2D eigenvalue weighted by Gasteiger charge is -2.33. The minimum atomic E-state index is 0.437. The maximum absolute atomic E-state index is 4.59. The van der Waals surface area contributed by atoms with E-state index in [-0.39, 0.29) is 0 Å². The highest BCUT2D eigenvalue weighted by Crippen LogP contribution is 2.32. The lowest BCUT2D eigenvalue weighted by Crippen LogP contribution is -2.36. The van der Waals surface area contributed by atoms with Crippen LogP contribution in [-0.2, 0) is 13.0 Å². The first-order chi connectivity index (χ1) is 11.9. The summed E-state index contributed by atoms with van der Waals surface area (Å²) in [5, 5.41) is 10.0. The zero-order valence-electron chi connectivity index (χ0n) is 13.6. The Balaban J connectivity index is 1.49. The first-order valence-corrected chi connectivity index (χ1v) is 8.77. The molecule has 5 rings (SSSR count). The molecule has 0 spiro atoms. The summed E-state index contributed by atoms with van der Waals surface area (Å²) in [6, 6.07) is 8.25. The number of piperidine rings is 1. The second-order valence-electron chi connectivity index (χ2n) is 6.73. The molecule has 0 radical (unpaired) electrons. The van der Waals surface area contributed by atoms with Gasteiger partial charge in [-0.3, -0.25) is 0 Å². The molecule has 1 fully saturated rings. The van der Waals surface area contributed by atoms with E-state index in [0.717, 1.165) is 55.0 Å². The Morgan fingerprint density at radius 3 is 2.96 bits per heavy atom. The van der Waals surface area contributed by atoms with Crippen LogP contribution in [-0.4, -0.2) is 37.8 Å². The summed E-state index contributed by atoms with van der Waals surface area (Å²) >= 11 is 0. The van der Waals surface area contributed by atoms with E-state index < -0.39 is 0 Å². The van der Waals surface area contributed by atoms with Crippen LogP contribution in [0.25, 0.3) is 10.9 Å². The number of hydrogen-bond donors (Lipinski definition) is 0. The van der Waals surface area contributed by atoms with Gasteiger partial charge >= 0.3 is 0 Å². The Morgan fingerprint density at radius 1 is 1.00 bits per heavy atom. The molecule has 122 valence electrons. The van der Waals surface area contributed by atoms with Crippen LogP contribution in [0.15, 0.2) is 30.6 Å². The van der Waals surface area contributed by atoms with E-state index in [0.29, 0.717) is 5.92 Å². The van der Waals surface area contributed by atoms with Crippen molar-refractivity contribution in [3.05, 3.63) is 42.2 Å². The van der Waals surface area contributed by atoms with Crippen LogP contribution >= 0.6 is 0 Å². The largest absolute Gasteiger partial charge is 0.355 e. The highest BCUT2D eigenvalue weighted by atomic mass is 15.3. The summed E-state index contributed by atoms with van der Waals surface area (Å²) in [4.78, 5) is 11.4. The topological polar surface area (TPSA) is 59.7 Å². The molecule has 2 aliphatic rings. The number of anilines is 1. The van der Waals surface area contributed by atoms with Crippen molar-refractivity contribution in [2.45, 2.75) is 38.1 Å². The molecule has 0 bridgehead atoms. The van der Waals surface area contributed by atoms with E-state index in [1.807, 2.05) is 12.1 Å². The maximum atomic E-state index is 4.59. The number of fused-ring (bicyclic) bond motifs is 2. The summed E-state index contributed by atoms with van der Waals surface area (Å²) in [5.74, 6) is 3.82. The Morgan fingerprint density at radius 2 is 1.96 bits per heavy atom. The molecule has 6 heteroatoms. The quantitative estimate of drug-likeness (QED) is 0.726. The fraction of sp³-hybridized carbons (Fsp3) is 0.444. The lowest BCUT2D eigenvalue weighted by molar-refractivity contribution is 0.471. The van der Waals surface area contributed by atoms with Crippen molar-refractivity contribution in [3.63, 3.8) is 0 Å². The van der Waals surface area contributed by atoms with Gasteiger partial charge in [-0.2, -0.15) is 0 Å². The van der Waals surface area contributed by atoms with Crippen molar-refractivity contribution in [3.8, 4) is 0 Å². The molecule has 1 aromatic carbocycles. The molecule has 0 aliphatic carbocycles. The number of nitrogens with zero attached hydrogens (tertiary/aromatic N) is 6. The maximum Gasteiger partial charge on any atom is 0.139 e. The summed E-state index contributed by atoms with van der Waals surface area (Å²) in [7, 11) is 0. The third kappa shape index (κ3) is 2.17. The van der Waals surface area contributed by atoms with Crippen LogP contribution in [0.2, 0.25) is 0 Å². The average Bonchev–Trinajstić information content (AvgIpc) is 3.25. The molecule has 3 aromatic rings. The zero-order valence-corrected chi connectivity index (χ0v) is 13.6. The molecule has 4 heterocycles. The molecule has 1 atom stereocenters. The van der Waals surface area contributed by atoms with Crippen LogP contribution in [0, 0.1) is 0 Å². The second kappa shape index (κ2) is 5.54. The van der Waals surface area contributed by atoms with Crippen molar-refractivity contribution in [1.29, 1.82) is 0 Å². The Bertz CT molecular complexity index is 881. The first kappa shape index (κ1) is 13.9. The van der Waals surface area contributed by atoms with Gasteiger partial charge in [-0.25, -0.2) is 9.97 Å². The molecular formula is C18H20N6. The van der Waals surface area contributed by atoms with E-state index in [1.165, 1.54) is 18.7 Å². The van der Waals surface area contributed by atoms with Crippen molar-refractivity contribution < 1.29 is 0 Å². The monoisotopic (exact) mass is 320 g/mol. The lowest BCUT2D eigenvalue weighted by atomic mass is 9.97. The van der Waals surface area contributed by atoms with E-state index in [2.05, 4.69) is 41.8 Å². The van der Waals surface area contributed by atoms with Gasteiger partial charge in [0.15, 0.2) is 0 Å². The van der Waals surface area contributed by atoms with E-state index in [9.17, 15) is 0 Å². The minimum Gasteiger partial charge on any atom is -0.355 e. The molecule has 0 amide bonds. The van der Waals surface area contributed by atoms with E-state index in [4.69, 9.17) is 0 Å². The number of aromatic nitrogens is 5. The van der Waals surface area contributed by atoms with Crippen LogP contribution in [0.1, 0.15) is 36.8 Å². The molecule has 24 heavy (non-hydrogen) atoms. The fourth-order valence-electron chi connectivity index (χ4n) is 4.10. The highest BCUT2D eigenvalue weighted by Gasteiger charge is 2.29. The van der Waals surface area contributed by atoms with Gasteiger partial charge in [0.1, 0.15) is 23.8 Å². The minimum absolute atomic E-state index is 0.437. The number of aryl methyl sites for hydroxylation is 1. The molecule has 1 saturated heterocycles. The van der Waals surface area contributed by atoms with E-state index in [1.54, 1.807) is 6.33 Å². The normalized spacial score (nSPS) is 20.5. The van der Waals surface area contributed by atoms with Gasteiger partial charge in [0.25, 0.3) is 0 Å². The van der Waals surface area contributed by atoms with Crippen molar-refractivity contribution in [2.24, 2.45) is 0 Å². The van der Waals surface area contributed by atoms with Crippen LogP contribution in [0.4, 0.5) is 5.82 Å². The summed E-state index contributed by atoms with van der Waals surface area (Å²) in [5.41, 5.74) is 1.01. The Kier molecular flexibility index (Phi) is 3.21. The molecule has 0 N–H and O–H groups in total. The van der Waals surface area contributed by atoms with Gasteiger partial charge in [-0.15, -0.1) is 10.2 Å². The number of hydrogen-bond acceptors (Lipinski definition) is 5. The third-order valence-electron chi connectivity index (χ3n) is 5.25. The van der Waals surface area contributed by atoms with Gasteiger partial charge in [0.2, 0.25) is 0 Å². The number of para-hydroxylation sites is 1. The summed E-state index contributed by atoms with van der Waals surface area (Å²) in [6.45, 7) is 3.07. The molecule has 0 saturated carbocycles. The standard InChI is InChI=1S/C18H20N6/c1-2-7-15-14(6-1)18(20-12-19-15)23-9-3-5-13(11-23)17-22-21-16-8-4-10-24(16)17/h1-2,6-7,12-13H,3-5,8-11H2. The van der Waals surface area contributed by atoms with Gasteiger partial charge in [-0.1, -0.05) is 12.1 Å². The van der Waals surface area contributed by atoms with Crippen LogP contribution in [0.3, 0.4) is 0 Å². The van der Waals surface area contributed by atoms with Crippen LogP contribution in [0.5, 0.6) is 0 Å². The van der Waals surface area contributed by atoms with Crippen molar-refractivity contribution >= 4 is 16.7 Å². The second-order valence-corrected chi connectivity index (χ2v) is 6.73. The van der Waals surface area contributed by atoms with Gasteiger partial charge < -0.3 is 9.47 Å². The summed E-state index contributed by atoms with van der Waals surface area (Å²) in [6.07, 6.45) is 6.28. The number of benzene rings is 1. The Labute approximate surface area is 140 Å². The van der Waals surface area contributed by atoms with Gasteiger partial charge in [0.05, 0.1) is 5.52 Å². The Hall–Kier alpha value is -2.50. The van der Waals surface area contributed by atoms with Gasteiger partial charge in [0, 0.05) is 37.4 Å². The molecule has 6 nitrogen and oxygen atoms in total. The third-order valence-corrected chi connectivity index (χ3v) is 5.25. The highest BCUT2D eigenvalue weighted by molar-refractivity contribution is 5.89. The molecule has 1 unspecified atom stereocenters. The van der Waals surface area contributed by atoms with Crippen molar-refractivity contribution in [2.75, 3.05) is 18.0 Å². The predicted octanol–water partition coefficient (Wildman–Crippen LogP) is 2.55. The molecule has 2 aliphatic heterocycles. The predicted molar refractivity (Wildman–Crippen MR) is 92.1 cm³/mol. The first-order valence-electron chi connectivity index (χ1n) is 8.77. The van der Waals surface area contributed by atoms with E-state index >= 15 is 0 Å². The molecular weight excluding hydrogens is 300 g/mol. The number of rotatable bonds is 2. The van der Waals surface area contributed by atoms with Gasteiger partial charge in [-0.05, 0) is 31.4 Å². The SMILES string of the molecule is c1ccc2c(N3CCCC(c4nnc5n4CCC5)C3)ncnc2c1.